The summed E-state index contributed by atoms with van der Waals surface area (Å²) in [5.41, 5.74) is -0.555. The van der Waals surface area contributed by atoms with Gasteiger partial charge in [0.1, 0.15) is 59.3 Å². The monoisotopic (exact) mass is 670 g/mol. The number of phenols is 5. The van der Waals surface area contributed by atoms with Crippen LogP contribution in [0.15, 0.2) is 63.8 Å². The van der Waals surface area contributed by atoms with Crippen molar-refractivity contribution in [3.05, 3.63) is 76.0 Å². The van der Waals surface area contributed by atoms with E-state index in [1.807, 2.05) is 0 Å². The van der Waals surface area contributed by atoms with Crippen LogP contribution in [-0.4, -0.2) is 95.7 Å². The topological polar surface area (TPSA) is 266 Å². The van der Waals surface area contributed by atoms with Gasteiger partial charge in [-0.3, -0.25) is 9.59 Å². The van der Waals surface area contributed by atoms with Crippen molar-refractivity contribution in [3.8, 4) is 45.8 Å². The zero-order valence-corrected chi connectivity index (χ0v) is 24.7. The predicted octanol–water partition coefficient (Wildman–Crippen LogP) is 0.897. The highest BCUT2D eigenvalue weighted by atomic mass is 17.2. The summed E-state index contributed by atoms with van der Waals surface area (Å²) in [6.45, 7) is -1.71. The van der Waals surface area contributed by atoms with Crippen LogP contribution in [0.3, 0.4) is 0 Å². The highest BCUT2D eigenvalue weighted by molar-refractivity contribution is 5.94. The van der Waals surface area contributed by atoms with Crippen LogP contribution in [-0.2, 0) is 25.8 Å². The van der Waals surface area contributed by atoms with Crippen LogP contribution in [0.25, 0.3) is 28.4 Å². The largest absolute Gasteiger partial charge is 0.508 e. The Kier molecular flexibility index (Phi) is 10.2. The summed E-state index contributed by atoms with van der Waals surface area (Å²) < 4.78 is 16.5. The highest BCUT2D eigenvalue weighted by Crippen LogP contribution is 2.36. The third kappa shape index (κ3) is 7.19. The maximum atomic E-state index is 13.4. The molecular weight excluding hydrogens is 640 g/mol. The molecule has 2 heterocycles. The first-order chi connectivity index (χ1) is 22.9. The summed E-state index contributed by atoms with van der Waals surface area (Å²) in [6.07, 6.45) is -5.51. The number of carbonyl (C=O) groups excluding carboxylic acids is 1. The van der Waals surface area contributed by atoms with Gasteiger partial charge in [0.25, 0.3) is 0 Å². The number of ketones is 1. The van der Waals surface area contributed by atoms with Gasteiger partial charge in [0.2, 0.25) is 17.5 Å². The predicted molar refractivity (Wildman–Crippen MR) is 162 cm³/mol. The Bertz CT molecular complexity index is 1900. The number of rotatable bonds is 11. The van der Waals surface area contributed by atoms with Gasteiger partial charge >= 0.3 is 0 Å². The van der Waals surface area contributed by atoms with E-state index in [2.05, 4.69) is 0 Å². The number of aromatic hydroxyl groups is 5. The van der Waals surface area contributed by atoms with E-state index in [0.717, 1.165) is 30.3 Å². The lowest BCUT2D eigenvalue weighted by atomic mass is 9.99. The molecule has 16 nitrogen and oxygen atoms in total. The molecule has 0 saturated carbocycles. The number of carbonyl (C=O) groups is 1. The molecular formula is C32H30O16. The third-order valence-corrected chi connectivity index (χ3v) is 7.31. The van der Waals surface area contributed by atoms with Crippen molar-refractivity contribution in [2.45, 2.75) is 37.3 Å². The molecule has 1 aliphatic rings. The molecule has 48 heavy (non-hydrogen) atoms. The van der Waals surface area contributed by atoms with Crippen molar-refractivity contribution in [3.63, 3.8) is 0 Å². The van der Waals surface area contributed by atoms with Crippen LogP contribution >= 0.6 is 0 Å². The average molecular weight is 671 g/mol. The minimum Gasteiger partial charge on any atom is -0.508 e. The van der Waals surface area contributed by atoms with Crippen molar-refractivity contribution in [1.82, 2.24) is 0 Å². The number of hydrogen-bond acceptors (Lipinski definition) is 16. The van der Waals surface area contributed by atoms with Gasteiger partial charge in [0, 0.05) is 17.7 Å². The summed E-state index contributed by atoms with van der Waals surface area (Å²) in [6, 6.07) is 9.59. The first-order valence-electron chi connectivity index (χ1n) is 14.2. The molecule has 1 aliphatic heterocycles. The summed E-state index contributed by atoms with van der Waals surface area (Å²) >= 11 is 0. The van der Waals surface area contributed by atoms with Crippen LogP contribution in [0.1, 0.15) is 11.1 Å². The Labute approximate surface area is 269 Å². The first-order valence-corrected chi connectivity index (χ1v) is 14.2. The summed E-state index contributed by atoms with van der Waals surface area (Å²) in [5, 5.41) is 88.9. The molecule has 254 valence electrons. The van der Waals surface area contributed by atoms with Gasteiger partial charge in [-0.2, -0.15) is 4.89 Å². The van der Waals surface area contributed by atoms with E-state index in [4.69, 9.17) is 23.7 Å². The van der Waals surface area contributed by atoms with E-state index < -0.39 is 84.7 Å². The third-order valence-electron chi connectivity index (χ3n) is 7.31. The molecule has 0 aliphatic carbocycles. The molecule has 0 amide bonds. The molecule has 5 atom stereocenters. The Morgan fingerprint density at radius 3 is 2.33 bits per heavy atom. The lowest BCUT2D eigenvalue weighted by molar-refractivity contribution is -0.387. The van der Waals surface area contributed by atoms with Gasteiger partial charge < -0.3 is 64.7 Å². The summed E-state index contributed by atoms with van der Waals surface area (Å²) in [5.74, 6) is -3.23. The van der Waals surface area contributed by atoms with Crippen LogP contribution in [0.2, 0.25) is 0 Å². The molecule has 0 unspecified atom stereocenters. The van der Waals surface area contributed by atoms with Crippen molar-refractivity contribution in [2.24, 2.45) is 0 Å². The highest BCUT2D eigenvalue weighted by Gasteiger charge is 2.45. The smallest absolute Gasteiger partial charge is 0.232 e. The van der Waals surface area contributed by atoms with Crippen molar-refractivity contribution < 1.29 is 74.4 Å². The molecule has 16 heteroatoms. The van der Waals surface area contributed by atoms with Gasteiger partial charge in [-0.15, -0.1) is 0 Å². The maximum Gasteiger partial charge on any atom is 0.232 e. The maximum absolute atomic E-state index is 13.4. The lowest BCUT2D eigenvalue weighted by Crippen LogP contribution is -2.59. The summed E-state index contributed by atoms with van der Waals surface area (Å²) in [4.78, 5) is 36.0. The molecule has 1 saturated heterocycles. The second kappa shape index (κ2) is 14.3. The zero-order chi connectivity index (χ0) is 34.7. The van der Waals surface area contributed by atoms with Gasteiger partial charge in [-0.25, -0.2) is 0 Å². The van der Waals surface area contributed by atoms with Gasteiger partial charge in [0.05, 0.1) is 18.8 Å². The van der Waals surface area contributed by atoms with E-state index in [9.17, 15) is 55.5 Å². The van der Waals surface area contributed by atoms with E-state index in [1.165, 1.54) is 30.3 Å². The van der Waals surface area contributed by atoms with Crippen molar-refractivity contribution in [2.75, 3.05) is 13.2 Å². The first kappa shape index (κ1) is 34.1. The number of fused-ring (bicyclic) bond motifs is 1. The van der Waals surface area contributed by atoms with Crippen LogP contribution in [0.4, 0.5) is 0 Å². The van der Waals surface area contributed by atoms with Crippen LogP contribution < -0.4 is 10.3 Å². The Balaban J connectivity index is 1.27. The SMILES string of the molecule is O=C(C=Cc1ccc(O)c(OO[C@@H]2O[C@H](CO)[C@H](O)[C@H](O)[C@H]2O)c1)COCc1c(-c2ccc(O)c(O)c2)oc2cc(O)cc(O)c2c1=O. The van der Waals surface area contributed by atoms with Crippen LogP contribution in [0, 0.1) is 0 Å². The van der Waals surface area contributed by atoms with Gasteiger partial charge in [-0.1, -0.05) is 12.1 Å². The van der Waals surface area contributed by atoms with Crippen LogP contribution in [0.5, 0.6) is 34.5 Å². The van der Waals surface area contributed by atoms with E-state index in [1.54, 1.807) is 0 Å². The number of aliphatic hydroxyl groups excluding tert-OH is 4. The Morgan fingerprint density at radius 1 is 0.854 bits per heavy atom. The van der Waals surface area contributed by atoms with Gasteiger partial charge in [-0.05, 0) is 42.0 Å². The van der Waals surface area contributed by atoms with E-state index in [0.29, 0.717) is 5.56 Å². The Morgan fingerprint density at radius 2 is 1.60 bits per heavy atom. The van der Waals surface area contributed by atoms with E-state index >= 15 is 0 Å². The molecule has 3 aromatic carbocycles. The molecule has 0 spiro atoms. The van der Waals surface area contributed by atoms with E-state index in [-0.39, 0.29) is 39.4 Å². The lowest BCUT2D eigenvalue weighted by Gasteiger charge is -2.38. The number of ether oxygens (including phenoxy) is 2. The second-order valence-corrected chi connectivity index (χ2v) is 10.7. The molecule has 5 rings (SSSR count). The average Bonchev–Trinajstić information content (AvgIpc) is 3.05. The molecule has 0 bridgehead atoms. The molecule has 9 N–H and O–H groups in total. The fraction of sp³-hybridized carbons (Fsp3) is 0.250. The molecule has 1 aromatic heterocycles. The Hall–Kier alpha value is -5.20. The van der Waals surface area contributed by atoms with Crippen molar-refractivity contribution in [1.29, 1.82) is 0 Å². The molecule has 0 radical (unpaired) electrons. The van der Waals surface area contributed by atoms with Crippen molar-refractivity contribution >= 4 is 22.8 Å². The van der Waals surface area contributed by atoms with Gasteiger partial charge in [0.15, 0.2) is 23.0 Å². The zero-order valence-electron chi connectivity index (χ0n) is 24.7. The summed E-state index contributed by atoms with van der Waals surface area (Å²) in [7, 11) is 0. The normalized spacial score (nSPS) is 21.1. The standard InChI is InChI=1S/C32H30O16/c33-11-25-28(41)29(42)30(43)32(46-25)48-47-23-7-14(2-5-20(23)37)1-4-16(34)12-44-13-18-27(40)26-22(39)9-17(35)10-24(26)45-31(18)15-3-6-19(36)21(38)8-15/h1-10,25,28-30,32-33,35-39,41-43H,11-13H2/t25-,28+,29+,30-,32+/m1/s1. The number of aliphatic hydroxyl groups is 4. The number of phenolic OH excluding ortho intramolecular Hbond substituents is 5. The number of hydrogen-bond donors (Lipinski definition) is 9. The fourth-order valence-electron chi connectivity index (χ4n) is 4.79. The minimum atomic E-state index is -1.75. The molecule has 4 aromatic rings. The minimum absolute atomic E-state index is 0.113. The quantitative estimate of drug-likeness (QED) is 0.0464. The fourth-order valence-corrected chi connectivity index (χ4v) is 4.79. The second-order valence-electron chi connectivity index (χ2n) is 10.7. The number of benzene rings is 3. The molecule has 1 fully saturated rings.